The van der Waals surface area contributed by atoms with Crippen LogP contribution < -0.4 is 4.90 Å². The van der Waals surface area contributed by atoms with Gasteiger partial charge in [0.25, 0.3) is 0 Å². The van der Waals surface area contributed by atoms with Crippen molar-refractivity contribution in [3.8, 4) is 0 Å². The van der Waals surface area contributed by atoms with Gasteiger partial charge in [-0.1, -0.05) is 44.2 Å². The van der Waals surface area contributed by atoms with E-state index in [1.165, 1.54) is 5.56 Å². The molecule has 1 aromatic heterocycles. The van der Waals surface area contributed by atoms with Gasteiger partial charge in [0.2, 0.25) is 0 Å². The van der Waals surface area contributed by atoms with Crippen LogP contribution >= 0.6 is 11.3 Å². The number of carbonyl (C=O) groups is 3. The van der Waals surface area contributed by atoms with Gasteiger partial charge >= 0.3 is 17.8 Å². The van der Waals surface area contributed by atoms with E-state index in [-0.39, 0.29) is 13.2 Å². The highest BCUT2D eigenvalue weighted by Gasteiger charge is 2.45. The summed E-state index contributed by atoms with van der Waals surface area (Å²) in [5.74, 6) is -0.980. The number of nitrogens with one attached hydrogen (secondary N) is 1. The fourth-order valence-corrected chi connectivity index (χ4v) is 3.96. The number of rotatable bonds is 8. The van der Waals surface area contributed by atoms with Gasteiger partial charge < -0.3 is 4.90 Å². The lowest BCUT2D eigenvalue weighted by molar-refractivity contribution is -0.901. The monoisotopic (exact) mass is 400 g/mol. The molecule has 148 valence electrons. The van der Waals surface area contributed by atoms with Gasteiger partial charge in [-0.25, -0.2) is 9.69 Å². The van der Waals surface area contributed by atoms with Crippen molar-refractivity contribution in [3.63, 3.8) is 0 Å². The van der Waals surface area contributed by atoms with Crippen LogP contribution in [0.3, 0.4) is 0 Å². The summed E-state index contributed by atoms with van der Waals surface area (Å²) in [6.07, 6.45) is 0.571. The summed E-state index contributed by atoms with van der Waals surface area (Å²) in [5, 5.41) is 1.95. The van der Waals surface area contributed by atoms with Crippen LogP contribution in [0.5, 0.6) is 0 Å². The van der Waals surface area contributed by atoms with Gasteiger partial charge in [-0.15, -0.1) is 11.3 Å². The molecule has 2 aromatic rings. The van der Waals surface area contributed by atoms with E-state index in [2.05, 4.69) is 38.1 Å². The first-order valence-corrected chi connectivity index (χ1v) is 10.3. The first kappa shape index (κ1) is 20.2. The summed E-state index contributed by atoms with van der Waals surface area (Å²) in [7, 11) is 1.91. The van der Waals surface area contributed by atoms with Crippen LogP contribution in [0.25, 0.3) is 0 Å². The van der Waals surface area contributed by atoms with E-state index in [0.717, 1.165) is 25.1 Å². The Morgan fingerprint density at radius 2 is 1.68 bits per heavy atom. The fourth-order valence-electron chi connectivity index (χ4n) is 3.26. The number of imide groups is 2. The first-order chi connectivity index (χ1) is 13.4. The summed E-state index contributed by atoms with van der Waals surface area (Å²) in [5.41, 5.74) is 2.40. The third-order valence-corrected chi connectivity index (χ3v) is 5.81. The number of thiophene rings is 1. The summed E-state index contributed by atoms with van der Waals surface area (Å²) in [6.45, 7) is 5.37. The zero-order valence-corrected chi connectivity index (χ0v) is 17.3. The molecule has 1 fully saturated rings. The molecule has 0 spiro atoms. The Bertz CT molecular complexity index is 846. The largest absolute Gasteiger partial charge is 0.338 e. The molecule has 7 heteroatoms. The molecule has 1 aliphatic heterocycles. The standard InChI is InChI=1S/C21H25N3O3S/c1-15(2)17-8-6-16(7-9-17)13-22(3)14-24-20(26)19(25)23(21(24)27)11-10-18-5-4-12-28-18/h4-9,12,15H,10-11,13-14H2,1-3H3/p+1. The van der Waals surface area contributed by atoms with E-state index < -0.39 is 17.8 Å². The Kier molecular flexibility index (Phi) is 6.26. The van der Waals surface area contributed by atoms with Crippen molar-refractivity contribution >= 4 is 29.2 Å². The van der Waals surface area contributed by atoms with Gasteiger partial charge in [0.05, 0.1) is 7.05 Å². The van der Waals surface area contributed by atoms with Crippen LogP contribution in [-0.2, 0) is 22.6 Å². The Morgan fingerprint density at radius 1 is 1.00 bits per heavy atom. The van der Waals surface area contributed by atoms with Crippen molar-refractivity contribution in [2.24, 2.45) is 0 Å². The topological polar surface area (TPSA) is 62.1 Å². The molecular formula is C21H26N3O3S+. The Morgan fingerprint density at radius 3 is 2.29 bits per heavy atom. The number of hydrogen-bond acceptors (Lipinski definition) is 4. The van der Waals surface area contributed by atoms with Crippen LogP contribution in [0, 0.1) is 0 Å². The van der Waals surface area contributed by atoms with Gasteiger partial charge in [-0.2, -0.15) is 0 Å². The molecule has 1 unspecified atom stereocenters. The molecule has 1 aromatic carbocycles. The van der Waals surface area contributed by atoms with Crippen molar-refractivity contribution in [3.05, 3.63) is 57.8 Å². The van der Waals surface area contributed by atoms with E-state index in [0.29, 0.717) is 18.9 Å². The van der Waals surface area contributed by atoms with E-state index in [9.17, 15) is 14.4 Å². The molecule has 28 heavy (non-hydrogen) atoms. The Balaban J connectivity index is 1.58. The number of quaternary nitrogens is 1. The molecule has 1 aliphatic rings. The summed E-state index contributed by atoms with van der Waals surface area (Å²) >= 11 is 1.57. The average molecular weight is 401 g/mol. The number of urea groups is 1. The number of hydrogen-bond donors (Lipinski definition) is 1. The lowest BCUT2D eigenvalue weighted by Gasteiger charge is -2.20. The van der Waals surface area contributed by atoms with Crippen LogP contribution in [0.2, 0.25) is 0 Å². The number of amides is 4. The average Bonchev–Trinajstić information content (AvgIpc) is 3.25. The molecule has 0 radical (unpaired) electrons. The smallest absolute Gasteiger partial charge is 0.316 e. The molecule has 6 nitrogen and oxygen atoms in total. The van der Waals surface area contributed by atoms with Crippen LogP contribution in [-0.4, -0.2) is 47.9 Å². The molecule has 0 bridgehead atoms. The van der Waals surface area contributed by atoms with Gasteiger partial charge in [0.15, 0.2) is 6.67 Å². The zero-order valence-electron chi connectivity index (χ0n) is 16.5. The highest BCUT2D eigenvalue weighted by Crippen LogP contribution is 2.16. The second-order valence-electron chi connectivity index (χ2n) is 7.49. The molecule has 1 atom stereocenters. The number of nitrogens with zero attached hydrogens (tertiary/aromatic N) is 2. The molecule has 3 rings (SSSR count). The van der Waals surface area contributed by atoms with Crippen molar-refractivity contribution in [2.45, 2.75) is 32.7 Å². The van der Waals surface area contributed by atoms with Crippen LogP contribution in [0.15, 0.2) is 41.8 Å². The SMILES string of the molecule is CC(C)c1ccc(C[NH+](C)CN2C(=O)C(=O)N(CCc3cccs3)C2=O)cc1. The predicted molar refractivity (Wildman–Crippen MR) is 108 cm³/mol. The van der Waals surface area contributed by atoms with Crippen LogP contribution in [0.1, 0.15) is 35.8 Å². The fraction of sp³-hybridized carbons (Fsp3) is 0.381. The number of carbonyl (C=O) groups excluding carboxylic acids is 3. The zero-order chi connectivity index (χ0) is 20.3. The van der Waals surface area contributed by atoms with Gasteiger partial charge in [0, 0.05) is 23.4 Å². The maximum atomic E-state index is 12.6. The lowest BCUT2D eigenvalue weighted by Crippen LogP contribution is -3.09. The van der Waals surface area contributed by atoms with E-state index >= 15 is 0 Å². The summed E-state index contributed by atoms with van der Waals surface area (Å²) in [6, 6.07) is 11.7. The minimum Gasteiger partial charge on any atom is -0.316 e. The van der Waals surface area contributed by atoms with E-state index in [4.69, 9.17) is 0 Å². The second-order valence-corrected chi connectivity index (χ2v) is 8.52. The van der Waals surface area contributed by atoms with Gasteiger partial charge in [0.1, 0.15) is 6.54 Å². The first-order valence-electron chi connectivity index (χ1n) is 9.46. The Labute approximate surface area is 169 Å². The second kappa shape index (κ2) is 8.67. The third kappa shape index (κ3) is 4.48. The molecule has 0 saturated carbocycles. The highest BCUT2D eigenvalue weighted by molar-refractivity contribution is 7.09. The van der Waals surface area contributed by atoms with Crippen molar-refractivity contribution in [2.75, 3.05) is 20.3 Å². The normalized spacial score (nSPS) is 15.8. The molecule has 4 amide bonds. The van der Waals surface area contributed by atoms with Crippen molar-refractivity contribution in [1.82, 2.24) is 9.80 Å². The molecule has 0 aliphatic carbocycles. The minimum absolute atomic E-state index is 0.171. The lowest BCUT2D eigenvalue weighted by atomic mass is 10.0. The van der Waals surface area contributed by atoms with Crippen molar-refractivity contribution < 1.29 is 19.3 Å². The molecule has 2 heterocycles. The minimum atomic E-state index is -0.731. The van der Waals surface area contributed by atoms with Gasteiger partial charge in [-0.05, 0) is 22.9 Å². The maximum Gasteiger partial charge on any atom is 0.338 e. The molecular weight excluding hydrogens is 374 g/mol. The summed E-state index contributed by atoms with van der Waals surface area (Å²) < 4.78 is 0. The number of benzene rings is 1. The highest BCUT2D eigenvalue weighted by atomic mass is 32.1. The molecule has 1 N–H and O–H groups in total. The van der Waals surface area contributed by atoms with Crippen molar-refractivity contribution in [1.29, 1.82) is 0 Å². The van der Waals surface area contributed by atoms with Crippen LogP contribution in [0.4, 0.5) is 4.79 Å². The molecule has 1 saturated heterocycles. The van der Waals surface area contributed by atoms with E-state index in [1.807, 2.05) is 24.6 Å². The summed E-state index contributed by atoms with van der Waals surface area (Å²) in [4.78, 5) is 41.3. The van der Waals surface area contributed by atoms with E-state index in [1.54, 1.807) is 11.3 Å². The quantitative estimate of drug-likeness (QED) is 0.544. The predicted octanol–water partition coefficient (Wildman–Crippen LogP) is 1.88. The van der Waals surface area contributed by atoms with Gasteiger partial charge in [-0.3, -0.25) is 14.5 Å². The Hall–Kier alpha value is -2.51. The maximum absolute atomic E-state index is 12.6. The third-order valence-electron chi connectivity index (χ3n) is 4.88.